The van der Waals surface area contributed by atoms with Crippen LogP contribution in [0.5, 0.6) is 0 Å². The molecule has 0 aliphatic rings. The molecule has 0 aliphatic heterocycles. The highest BCUT2D eigenvalue weighted by atomic mass is 35.5. The number of nitro groups is 1. The maximum Gasteiger partial charge on any atom is 0.332 e. The van der Waals surface area contributed by atoms with Crippen LogP contribution < -0.4 is 0 Å². The molecule has 1 aromatic heterocycles. The van der Waals surface area contributed by atoms with Crippen molar-refractivity contribution in [3.63, 3.8) is 0 Å². The van der Waals surface area contributed by atoms with Crippen LogP contribution in [0.3, 0.4) is 0 Å². The third-order valence-corrected chi connectivity index (χ3v) is 2.53. The molecule has 0 spiro atoms. The fraction of sp³-hybridized carbons (Fsp3) is 0. The fourth-order valence-corrected chi connectivity index (χ4v) is 1.63. The molecule has 0 saturated heterocycles. The van der Waals surface area contributed by atoms with Crippen LogP contribution in [-0.2, 0) is 0 Å². The topological polar surface area (TPSA) is 68.9 Å². The third-order valence-electron chi connectivity index (χ3n) is 2.25. The van der Waals surface area contributed by atoms with E-state index in [9.17, 15) is 23.3 Å². The van der Waals surface area contributed by atoms with E-state index in [1.807, 2.05) is 0 Å². The van der Waals surface area contributed by atoms with Gasteiger partial charge >= 0.3 is 5.69 Å². The Morgan fingerprint density at radius 2 is 1.84 bits per heavy atom. The zero-order valence-electron chi connectivity index (χ0n) is 8.90. The van der Waals surface area contributed by atoms with E-state index >= 15 is 0 Å². The summed E-state index contributed by atoms with van der Waals surface area (Å²) in [7, 11) is 0. The van der Waals surface area contributed by atoms with Crippen molar-refractivity contribution >= 4 is 17.3 Å². The Bertz CT molecular complexity index is 681. The summed E-state index contributed by atoms with van der Waals surface area (Å²) in [4.78, 5) is 16.8. The van der Waals surface area contributed by atoms with E-state index in [-0.39, 0.29) is 0 Å². The lowest BCUT2D eigenvalue weighted by Crippen LogP contribution is -2.01. The van der Waals surface area contributed by atoms with Crippen molar-refractivity contribution in [3.8, 4) is 11.3 Å². The van der Waals surface area contributed by atoms with Crippen LogP contribution in [0.15, 0.2) is 18.5 Å². The standard InChI is InChI=1S/C10H3ClF3N3O2/c11-10-9(17(18)19)8(15-3-16-10)4-1-2-5(12)7(14)6(4)13/h1-3H. The molecule has 0 saturated carbocycles. The molecule has 0 N–H and O–H groups in total. The monoisotopic (exact) mass is 289 g/mol. The van der Waals surface area contributed by atoms with E-state index in [0.29, 0.717) is 6.07 Å². The van der Waals surface area contributed by atoms with Crippen LogP contribution in [0.2, 0.25) is 5.15 Å². The molecule has 0 amide bonds. The Hall–Kier alpha value is -2.22. The zero-order chi connectivity index (χ0) is 14.2. The van der Waals surface area contributed by atoms with Crippen molar-refractivity contribution in [2.45, 2.75) is 0 Å². The van der Waals surface area contributed by atoms with Gasteiger partial charge in [0.2, 0.25) is 5.15 Å². The highest BCUT2D eigenvalue weighted by Crippen LogP contribution is 2.34. The summed E-state index contributed by atoms with van der Waals surface area (Å²) in [5, 5.41) is 10.3. The van der Waals surface area contributed by atoms with Gasteiger partial charge in [-0.1, -0.05) is 11.6 Å². The van der Waals surface area contributed by atoms with Gasteiger partial charge in [-0.2, -0.15) is 0 Å². The maximum atomic E-state index is 13.6. The predicted octanol–water partition coefficient (Wildman–Crippen LogP) is 3.12. The molecule has 2 aromatic rings. The first-order valence-corrected chi connectivity index (χ1v) is 5.10. The van der Waals surface area contributed by atoms with E-state index < -0.39 is 44.5 Å². The summed E-state index contributed by atoms with van der Waals surface area (Å²) in [6.07, 6.45) is 0.853. The van der Waals surface area contributed by atoms with E-state index in [1.54, 1.807) is 0 Å². The van der Waals surface area contributed by atoms with E-state index in [2.05, 4.69) is 9.97 Å². The van der Waals surface area contributed by atoms with Crippen molar-refractivity contribution in [1.82, 2.24) is 9.97 Å². The van der Waals surface area contributed by atoms with Crippen molar-refractivity contribution in [2.24, 2.45) is 0 Å². The van der Waals surface area contributed by atoms with Crippen LogP contribution in [0.1, 0.15) is 0 Å². The van der Waals surface area contributed by atoms with E-state index in [4.69, 9.17) is 11.6 Å². The van der Waals surface area contributed by atoms with Crippen molar-refractivity contribution in [3.05, 3.63) is 51.2 Å². The van der Waals surface area contributed by atoms with Gasteiger partial charge in [0.25, 0.3) is 0 Å². The van der Waals surface area contributed by atoms with Gasteiger partial charge in [-0.15, -0.1) is 0 Å². The van der Waals surface area contributed by atoms with Gasteiger partial charge in [-0.3, -0.25) is 10.1 Å². The third kappa shape index (κ3) is 2.22. The molecule has 0 fully saturated rings. The van der Waals surface area contributed by atoms with Crippen molar-refractivity contribution < 1.29 is 18.1 Å². The molecule has 5 nitrogen and oxygen atoms in total. The summed E-state index contributed by atoms with van der Waals surface area (Å²) < 4.78 is 39.5. The molecule has 98 valence electrons. The molecular formula is C10H3ClF3N3O2. The second-order valence-electron chi connectivity index (χ2n) is 3.34. The minimum absolute atomic E-state index is 0.526. The first-order valence-electron chi connectivity index (χ1n) is 4.72. The molecule has 1 aromatic carbocycles. The summed E-state index contributed by atoms with van der Waals surface area (Å²) in [5.74, 6) is -4.75. The molecule has 0 radical (unpaired) electrons. The number of benzene rings is 1. The lowest BCUT2D eigenvalue weighted by Gasteiger charge is -2.05. The molecular weight excluding hydrogens is 287 g/mol. The first-order chi connectivity index (χ1) is 8.93. The molecule has 0 unspecified atom stereocenters. The van der Waals surface area contributed by atoms with E-state index in [0.717, 1.165) is 12.4 Å². The van der Waals surface area contributed by atoms with Crippen LogP contribution >= 0.6 is 11.6 Å². The van der Waals surface area contributed by atoms with Gasteiger partial charge in [0.1, 0.15) is 6.33 Å². The fourth-order valence-electron chi connectivity index (χ4n) is 1.42. The Kier molecular flexibility index (Phi) is 3.34. The second kappa shape index (κ2) is 4.81. The predicted molar refractivity (Wildman–Crippen MR) is 59.0 cm³/mol. The first kappa shape index (κ1) is 13.2. The van der Waals surface area contributed by atoms with Crippen LogP contribution in [0.4, 0.5) is 18.9 Å². The van der Waals surface area contributed by atoms with Gasteiger partial charge in [-0.05, 0) is 12.1 Å². The molecule has 19 heavy (non-hydrogen) atoms. The number of rotatable bonds is 2. The number of aromatic nitrogens is 2. The van der Waals surface area contributed by atoms with Crippen LogP contribution in [0, 0.1) is 27.6 Å². The van der Waals surface area contributed by atoms with Gasteiger partial charge < -0.3 is 0 Å². The highest BCUT2D eigenvalue weighted by molar-refractivity contribution is 6.31. The summed E-state index contributed by atoms with van der Waals surface area (Å²) in [6.45, 7) is 0. The lowest BCUT2D eigenvalue weighted by molar-refractivity contribution is -0.384. The lowest BCUT2D eigenvalue weighted by atomic mass is 10.1. The minimum atomic E-state index is -1.75. The highest BCUT2D eigenvalue weighted by Gasteiger charge is 2.26. The zero-order valence-corrected chi connectivity index (χ0v) is 9.66. The largest absolute Gasteiger partial charge is 0.332 e. The number of hydrogen-bond donors (Lipinski definition) is 0. The minimum Gasteiger partial charge on any atom is -0.258 e. The SMILES string of the molecule is O=[N+]([O-])c1c(Cl)ncnc1-c1ccc(F)c(F)c1F. The Morgan fingerprint density at radius 1 is 1.16 bits per heavy atom. The van der Waals surface area contributed by atoms with Gasteiger partial charge in [0.15, 0.2) is 23.1 Å². The molecule has 2 rings (SSSR count). The smallest absolute Gasteiger partial charge is 0.258 e. The molecule has 0 bridgehead atoms. The summed E-state index contributed by atoms with van der Waals surface area (Å²) in [5.41, 5.74) is -1.88. The second-order valence-corrected chi connectivity index (χ2v) is 3.70. The summed E-state index contributed by atoms with van der Waals surface area (Å²) >= 11 is 5.51. The number of halogens is 4. The van der Waals surface area contributed by atoms with Gasteiger partial charge in [0.05, 0.1) is 4.92 Å². The van der Waals surface area contributed by atoms with Crippen molar-refractivity contribution in [2.75, 3.05) is 0 Å². The molecule has 1 heterocycles. The average Bonchev–Trinajstić information content (AvgIpc) is 2.35. The maximum absolute atomic E-state index is 13.6. The van der Waals surface area contributed by atoms with Gasteiger partial charge in [-0.25, -0.2) is 23.1 Å². The molecule has 0 atom stereocenters. The van der Waals surface area contributed by atoms with Crippen LogP contribution in [0.25, 0.3) is 11.3 Å². The molecule has 9 heteroatoms. The number of hydrogen-bond acceptors (Lipinski definition) is 4. The van der Waals surface area contributed by atoms with Crippen molar-refractivity contribution in [1.29, 1.82) is 0 Å². The number of nitrogens with zero attached hydrogens (tertiary/aromatic N) is 3. The Morgan fingerprint density at radius 3 is 2.47 bits per heavy atom. The quantitative estimate of drug-likeness (QED) is 0.369. The Balaban J connectivity index is 2.77. The average molecular weight is 290 g/mol. The Labute approximate surface area is 108 Å². The normalized spacial score (nSPS) is 10.5. The summed E-state index contributed by atoms with van der Waals surface area (Å²) in [6, 6.07) is 1.47. The molecule has 0 aliphatic carbocycles. The van der Waals surface area contributed by atoms with E-state index in [1.165, 1.54) is 0 Å². The van der Waals surface area contributed by atoms with Crippen LogP contribution in [-0.4, -0.2) is 14.9 Å². The van der Waals surface area contributed by atoms with Gasteiger partial charge in [0, 0.05) is 5.56 Å².